The van der Waals surface area contributed by atoms with Crippen LogP contribution in [0, 0.1) is 0 Å². The number of aliphatic imine (C=N–C) groups is 1. The summed E-state index contributed by atoms with van der Waals surface area (Å²) in [5, 5.41) is 3.37. The van der Waals surface area contributed by atoms with E-state index >= 15 is 0 Å². The van der Waals surface area contributed by atoms with Crippen molar-refractivity contribution < 1.29 is 4.79 Å². The Hall–Kier alpha value is -3.08. The monoisotopic (exact) mass is 362 g/mol. The van der Waals surface area contributed by atoms with E-state index in [1.165, 1.54) is 11.1 Å². The molecule has 0 spiro atoms. The summed E-state index contributed by atoms with van der Waals surface area (Å²) in [6.07, 6.45) is 3.27. The molecule has 0 radical (unpaired) electrons. The molecule has 0 saturated heterocycles. The summed E-state index contributed by atoms with van der Waals surface area (Å²) in [4.78, 5) is 18.4. The number of guanidine groups is 1. The first-order valence-electron chi connectivity index (χ1n) is 9.34. The molecule has 1 aliphatic heterocycles. The van der Waals surface area contributed by atoms with Gasteiger partial charge in [0.15, 0.2) is 5.96 Å². The maximum atomic E-state index is 11.3. The fourth-order valence-electron chi connectivity index (χ4n) is 3.19. The highest BCUT2D eigenvalue weighted by Crippen LogP contribution is 2.22. The normalized spacial score (nSPS) is 14.6. The zero-order valence-corrected chi connectivity index (χ0v) is 15.7. The molecule has 140 valence electrons. The number of benzene rings is 2. The van der Waals surface area contributed by atoms with Crippen LogP contribution in [0.5, 0.6) is 0 Å². The first-order chi connectivity index (χ1) is 13.2. The average Bonchev–Trinajstić information content (AvgIpc) is 2.72. The summed E-state index contributed by atoms with van der Waals surface area (Å²) in [5.41, 5.74) is 9.53. The Morgan fingerprint density at radius 2 is 2.00 bits per heavy atom. The maximum absolute atomic E-state index is 11.3. The second kappa shape index (κ2) is 9.03. The smallest absolute Gasteiger partial charge is 0.248 e. The molecule has 27 heavy (non-hydrogen) atoms. The Kier molecular flexibility index (Phi) is 6.26. The minimum atomic E-state index is -0.414. The van der Waals surface area contributed by atoms with Crippen LogP contribution in [-0.2, 0) is 6.54 Å². The first-order valence-corrected chi connectivity index (χ1v) is 9.34. The highest BCUT2D eigenvalue weighted by molar-refractivity contribution is 5.92. The van der Waals surface area contributed by atoms with Crippen LogP contribution in [0.15, 0.2) is 65.7 Å². The Balaban J connectivity index is 1.70. The summed E-state index contributed by atoms with van der Waals surface area (Å²) < 4.78 is 0. The molecule has 5 nitrogen and oxygen atoms in total. The van der Waals surface area contributed by atoms with E-state index in [1.807, 2.05) is 18.2 Å². The number of nitrogens with one attached hydrogen (secondary N) is 1. The summed E-state index contributed by atoms with van der Waals surface area (Å²) in [7, 11) is 0. The summed E-state index contributed by atoms with van der Waals surface area (Å²) in [6, 6.07) is 17.8. The number of hydrogen-bond donors (Lipinski definition) is 2. The van der Waals surface area contributed by atoms with Gasteiger partial charge in [0.2, 0.25) is 5.91 Å². The largest absolute Gasteiger partial charge is 0.366 e. The number of nitrogens with zero attached hydrogens (tertiary/aromatic N) is 2. The van der Waals surface area contributed by atoms with Crippen molar-refractivity contribution >= 4 is 17.4 Å². The number of amides is 1. The number of hydrogen-bond acceptors (Lipinski definition) is 2. The predicted octanol–water partition coefficient (Wildman–Crippen LogP) is 3.04. The molecule has 1 heterocycles. The second-order valence-electron chi connectivity index (χ2n) is 6.53. The van der Waals surface area contributed by atoms with E-state index in [4.69, 9.17) is 10.7 Å². The van der Waals surface area contributed by atoms with Crippen LogP contribution in [0.25, 0.3) is 5.57 Å². The second-order valence-corrected chi connectivity index (χ2v) is 6.53. The highest BCUT2D eigenvalue weighted by atomic mass is 16.1. The number of carbonyl (C=O) groups is 1. The van der Waals surface area contributed by atoms with E-state index < -0.39 is 5.91 Å². The number of rotatable bonds is 5. The van der Waals surface area contributed by atoms with E-state index in [-0.39, 0.29) is 0 Å². The molecular weight excluding hydrogens is 336 g/mol. The van der Waals surface area contributed by atoms with Crippen molar-refractivity contribution in [1.29, 1.82) is 0 Å². The van der Waals surface area contributed by atoms with Crippen LogP contribution in [0.3, 0.4) is 0 Å². The Bertz CT molecular complexity index is 842. The molecule has 3 N–H and O–H groups in total. The van der Waals surface area contributed by atoms with Crippen LogP contribution in [0.1, 0.15) is 34.8 Å². The molecule has 2 aromatic carbocycles. The quantitative estimate of drug-likeness (QED) is 0.634. The van der Waals surface area contributed by atoms with Gasteiger partial charge in [-0.25, -0.2) is 4.99 Å². The van der Waals surface area contributed by atoms with E-state index in [0.717, 1.165) is 37.6 Å². The number of primary amides is 1. The minimum Gasteiger partial charge on any atom is -0.366 e. The first kappa shape index (κ1) is 18.7. The molecule has 0 aromatic heterocycles. The van der Waals surface area contributed by atoms with Crippen molar-refractivity contribution in [2.45, 2.75) is 19.9 Å². The van der Waals surface area contributed by atoms with Gasteiger partial charge in [0.05, 0.1) is 6.54 Å². The van der Waals surface area contributed by atoms with Gasteiger partial charge in [-0.2, -0.15) is 0 Å². The van der Waals surface area contributed by atoms with Gasteiger partial charge in [-0.15, -0.1) is 0 Å². The highest BCUT2D eigenvalue weighted by Gasteiger charge is 2.16. The van der Waals surface area contributed by atoms with E-state index in [0.29, 0.717) is 12.1 Å². The lowest BCUT2D eigenvalue weighted by atomic mass is 10.00. The van der Waals surface area contributed by atoms with Crippen LogP contribution < -0.4 is 11.1 Å². The molecule has 0 unspecified atom stereocenters. The molecule has 1 aliphatic rings. The van der Waals surface area contributed by atoms with Crippen LogP contribution in [0.2, 0.25) is 0 Å². The fraction of sp³-hybridized carbons (Fsp3) is 0.273. The van der Waals surface area contributed by atoms with Crippen molar-refractivity contribution in [3.63, 3.8) is 0 Å². The average molecular weight is 362 g/mol. The lowest BCUT2D eigenvalue weighted by Crippen LogP contribution is -2.43. The van der Waals surface area contributed by atoms with Gasteiger partial charge < -0.3 is 16.0 Å². The lowest BCUT2D eigenvalue weighted by molar-refractivity contribution is 0.1000. The van der Waals surface area contributed by atoms with E-state index in [1.54, 1.807) is 12.1 Å². The summed E-state index contributed by atoms with van der Waals surface area (Å²) >= 11 is 0. The molecule has 0 aliphatic carbocycles. The number of carbonyl (C=O) groups excluding carboxylic acids is 1. The molecular formula is C22H26N4O. The fourth-order valence-corrected chi connectivity index (χ4v) is 3.19. The molecule has 1 amide bonds. The van der Waals surface area contributed by atoms with Gasteiger partial charge in [-0.05, 0) is 42.2 Å². The van der Waals surface area contributed by atoms with Crippen molar-refractivity contribution in [2.24, 2.45) is 10.7 Å². The third-order valence-corrected chi connectivity index (χ3v) is 4.61. The molecule has 0 fully saturated rings. The number of nitrogens with two attached hydrogens (primary N) is 1. The molecule has 0 saturated carbocycles. The Morgan fingerprint density at radius 1 is 1.19 bits per heavy atom. The molecule has 3 rings (SSSR count). The van der Waals surface area contributed by atoms with Gasteiger partial charge in [-0.3, -0.25) is 4.79 Å². The van der Waals surface area contributed by atoms with Crippen molar-refractivity contribution in [2.75, 3.05) is 19.6 Å². The summed E-state index contributed by atoms with van der Waals surface area (Å²) in [6.45, 7) is 5.14. The van der Waals surface area contributed by atoms with Gasteiger partial charge in [0, 0.05) is 25.2 Å². The third-order valence-electron chi connectivity index (χ3n) is 4.61. The van der Waals surface area contributed by atoms with E-state index in [2.05, 4.69) is 47.5 Å². The predicted molar refractivity (Wildman–Crippen MR) is 110 cm³/mol. The molecule has 0 bridgehead atoms. The molecule has 0 atom stereocenters. The zero-order valence-electron chi connectivity index (χ0n) is 15.7. The SMILES string of the molecule is CCNC(=NCc1cccc(C(N)=O)c1)N1CC=C(c2ccccc2)CC1. The summed E-state index contributed by atoms with van der Waals surface area (Å²) in [5.74, 6) is 0.479. The van der Waals surface area contributed by atoms with Crippen LogP contribution in [-0.4, -0.2) is 36.4 Å². The standard InChI is InChI=1S/C22H26N4O/c1-2-24-22(25-16-17-7-6-10-20(15-17)21(23)27)26-13-11-19(12-14-26)18-8-4-3-5-9-18/h3-11,15H,2,12-14,16H2,1H3,(H2,23,27)(H,24,25). The van der Waals surface area contributed by atoms with Crippen LogP contribution >= 0.6 is 0 Å². The van der Waals surface area contributed by atoms with Crippen LogP contribution in [0.4, 0.5) is 0 Å². The van der Waals surface area contributed by atoms with Gasteiger partial charge in [0.1, 0.15) is 0 Å². The van der Waals surface area contributed by atoms with Gasteiger partial charge >= 0.3 is 0 Å². The van der Waals surface area contributed by atoms with E-state index in [9.17, 15) is 4.79 Å². The molecule has 2 aromatic rings. The zero-order chi connectivity index (χ0) is 19.1. The van der Waals surface area contributed by atoms with Gasteiger partial charge in [-0.1, -0.05) is 48.5 Å². The molecule has 5 heteroatoms. The Morgan fingerprint density at radius 3 is 2.67 bits per heavy atom. The maximum Gasteiger partial charge on any atom is 0.248 e. The van der Waals surface area contributed by atoms with Crippen molar-refractivity contribution in [3.8, 4) is 0 Å². The third kappa shape index (κ3) is 4.97. The van der Waals surface area contributed by atoms with Crippen molar-refractivity contribution in [3.05, 3.63) is 77.4 Å². The Labute approximate surface area is 160 Å². The topological polar surface area (TPSA) is 70.7 Å². The minimum absolute atomic E-state index is 0.414. The van der Waals surface area contributed by atoms with Gasteiger partial charge in [0.25, 0.3) is 0 Å². The lowest BCUT2D eigenvalue weighted by Gasteiger charge is -2.30. The van der Waals surface area contributed by atoms with Crippen molar-refractivity contribution in [1.82, 2.24) is 10.2 Å².